The Balaban J connectivity index is 3.32. The molecule has 0 aliphatic rings. The maximum atomic E-state index is 3.58. The number of rotatable bonds is 7. The van der Waals surface area contributed by atoms with Crippen molar-refractivity contribution in [1.29, 1.82) is 0 Å². The Morgan fingerprint density at radius 2 is 2.08 bits per heavy atom. The Hall–Kier alpha value is 1.04. The van der Waals surface area contributed by atoms with Crippen molar-refractivity contribution in [2.45, 2.75) is 26.3 Å². The van der Waals surface area contributed by atoms with E-state index in [4.69, 9.17) is 0 Å². The van der Waals surface area contributed by atoms with Crippen molar-refractivity contribution in [3.05, 3.63) is 0 Å². The molecule has 74 valence electrons. The molecular weight excluding hydrogens is 281 g/mol. The predicted octanol–water partition coefficient (Wildman–Crippen LogP) is 2.79. The molecule has 0 aliphatic heterocycles. The molecule has 1 nitrogen and oxygen atoms in total. The maximum Gasteiger partial charge on any atom is 0.0180 e. The molecule has 0 aromatic carbocycles. The lowest BCUT2D eigenvalue weighted by Crippen LogP contribution is -2.36. The van der Waals surface area contributed by atoms with Crippen LogP contribution in [0.1, 0.15) is 20.3 Å². The van der Waals surface area contributed by atoms with Gasteiger partial charge in [-0.15, -0.1) is 0 Å². The SMILES string of the molecule is CSCCCNC(CI)C(C)C. The predicted molar refractivity (Wildman–Crippen MR) is 68.5 cm³/mol. The minimum absolute atomic E-state index is 0.701. The van der Waals surface area contributed by atoms with E-state index in [0.29, 0.717) is 6.04 Å². The fraction of sp³-hybridized carbons (Fsp3) is 1.00. The summed E-state index contributed by atoms with van der Waals surface area (Å²) in [6, 6.07) is 0.701. The molecule has 0 radical (unpaired) electrons. The van der Waals surface area contributed by atoms with Crippen LogP contribution in [0.2, 0.25) is 0 Å². The third-order valence-electron chi connectivity index (χ3n) is 1.90. The summed E-state index contributed by atoms with van der Waals surface area (Å²) in [4.78, 5) is 0. The lowest BCUT2D eigenvalue weighted by atomic mass is 10.1. The summed E-state index contributed by atoms with van der Waals surface area (Å²) in [6.45, 7) is 5.74. The van der Waals surface area contributed by atoms with Gasteiger partial charge in [-0.2, -0.15) is 11.8 Å². The summed E-state index contributed by atoms with van der Waals surface area (Å²) in [5.74, 6) is 2.04. The second-order valence-corrected chi connectivity index (χ2v) is 5.17. The highest BCUT2D eigenvalue weighted by molar-refractivity contribution is 14.1. The molecule has 0 bridgehead atoms. The second-order valence-electron chi connectivity index (χ2n) is 3.31. The van der Waals surface area contributed by atoms with Gasteiger partial charge in [-0.25, -0.2) is 0 Å². The number of halogens is 1. The van der Waals surface area contributed by atoms with Gasteiger partial charge in [-0.3, -0.25) is 0 Å². The van der Waals surface area contributed by atoms with Crippen molar-refractivity contribution >= 4 is 34.4 Å². The first-order chi connectivity index (χ1) is 5.72. The fourth-order valence-electron chi connectivity index (χ4n) is 0.972. The molecule has 1 atom stereocenters. The van der Waals surface area contributed by atoms with Gasteiger partial charge in [0.25, 0.3) is 0 Å². The average molecular weight is 301 g/mol. The molecule has 0 aliphatic carbocycles. The zero-order valence-corrected chi connectivity index (χ0v) is 11.2. The van der Waals surface area contributed by atoms with Crippen molar-refractivity contribution in [3.8, 4) is 0 Å². The Kier molecular flexibility index (Phi) is 9.38. The molecule has 1 N–H and O–H groups in total. The lowest BCUT2D eigenvalue weighted by molar-refractivity contribution is 0.439. The van der Waals surface area contributed by atoms with E-state index in [9.17, 15) is 0 Å². The standard InChI is InChI=1S/C9H20INS/c1-8(2)9(7-10)11-5-4-6-12-3/h8-9,11H,4-7H2,1-3H3. The Bertz CT molecular complexity index is 98.5. The molecule has 1 unspecified atom stereocenters. The molecule has 0 fully saturated rings. The van der Waals surface area contributed by atoms with E-state index in [-0.39, 0.29) is 0 Å². The Morgan fingerprint density at radius 1 is 1.42 bits per heavy atom. The van der Waals surface area contributed by atoms with Crippen molar-refractivity contribution < 1.29 is 0 Å². The summed E-state index contributed by atoms with van der Waals surface area (Å²) in [5, 5.41) is 3.58. The number of thioether (sulfide) groups is 1. The van der Waals surface area contributed by atoms with Crippen LogP contribution in [0.4, 0.5) is 0 Å². The van der Waals surface area contributed by atoms with Crippen molar-refractivity contribution in [2.75, 3.05) is 23.0 Å². The van der Waals surface area contributed by atoms with Crippen molar-refractivity contribution in [2.24, 2.45) is 5.92 Å². The van der Waals surface area contributed by atoms with Gasteiger partial charge in [-0.05, 0) is 30.9 Å². The first-order valence-electron chi connectivity index (χ1n) is 4.50. The lowest BCUT2D eigenvalue weighted by Gasteiger charge is -2.19. The van der Waals surface area contributed by atoms with E-state index in [1.54, 1.807) is 0 Å². The summed E-state index contributed by atoms with van der Waals surface area (Å²) in [7, 11) is 0. The first-order valence-corrected chi connectivity index (χ1v) is 7.42. The largest absolute Gasteiger partial charge is 0.313 e. The van der Waals surface area contributed by atoms with Crippen LogP contribution in [-0.4, -0.2) is 29.0 Å². The van der Waals surface area contributed by atoms with Crippen LogP contribution in [0.5, 0.6) is 0 Å². The van der Waals surface area contributed by atoms with Crippen LogP contribution in [-0.2, 0) is 0 Å². The summed E-state index contributed by atoms with van der Waals surface area (Å²) >= 11 is 4.39. The van der Waals surface area contributed by atoms with E-state index in [2.05, 4.69) is 48.0 Å². The van der Waals surface area contributed by atoms with Crippen LogP contribution < -0.4 is 5.32 Å². The van der Waals surface area contributed by atoms with E-state index in [1.165, 1.54) is 23.1 Å². The van der Waals surface area contributed by atoms with Gasteiger partial charge in [0.15, 0.2) is 0 Å². The van der Waals surface area contributed by atoms with E-state index in [0.717, 1.165) is 5.92 Å². The van der Waals surface area contributed by atoms with Gasteiger partial charge in [0.05, 0.1) is 0 Å². The van der Waals surface area contributed by atoms with Gasteiger partial charge in [0, 0.05) is 10.5 Å². The molecule has 0 saturated heterocycles. The Labute approximate surface area is 94.6 Å². The van der Waals surface area contributed by atoms with Crippen LogP contribution in [0.25, 0.3) is 0 Å². The van der Waals surface area contributed by atoms with E-state index in [1.807, 2.05) is 11.8 Å². The monoisotopic (exact) mass is 301 g/mol. The maximum absolute atomic E-state index is 3.58. The number of nitrogens with one attached hydrogen (secondary N) is 1. The Morgan fingerprint density at radius 3 is 2.50 bits per heavy atom. The van der Waals surface area contributed by atoms with Crippen molar-refractivity contribution in [1.82, 2.24) is 5.32 Å². The van der Waals surface area contributed by atoms with E-state index >= 15 is 0 Å². The number of hydrogen-bond donors (Lipinski definition) is 1. The molecule has 0 amide bonds. The molecule has 12 heavy (non-hydrogen) atoms. The molecule has 3 heteroatoms. The van der Waals surface area contributed by atoms with Crippen LogP contribution in [0.15, 0.2) is 0 Å². The van der Waals surface area contributed by atoms with Gasteiger partial charge in [-0.1, -0.05) is 36.4 Å². The summed E-state index contributed by atoms with van der Waals surface area (Å²) < 4.78 is 1.22. The minimum atomic E-state index is 0.701. The fourth-order valence-corrected chi connectivity index (χ4v) is 2.73. The smallest absolute Gasteiger partial charge is 0.0180 e. The van der Waals surface area contributed by atoms with Gasteiger partial charge in [0.1, 0.15) is 0 Å². The normalized spacial score (nSPS) is 13.8. The molecule has 0 spiro atoms. The highest BCUT2D eigenvalue weighted by Gasteiger charge is 2.09. The van der Waals surface area contributed by atoms with Gasteiger partial charge >= 0.3 is 0 Å². The summed E-state index contributed by atoms with van der Waals surface area (Å²) in [5.41, 5.74) is 0. The average Bonchev–Trinajstić information content (AvgIpc) is 2.04. The molecule has 0 aromatic heterocycles. The third kappa shape index (κ3) is 6.54. The quantitative estimate of drug-likeness (QED) is 0.441. The third-order valence-corrected chi connectivity index (χ3v) is 3.55. The van der Waals surface area contributed by atoms with Crippen molar-refractivity contribution in [3.63, 3.8) is 0 Å². The number of alkyl halides is 1. The number of hydrogen-bond acceptors (Lipinski definition) is 2. The molecule has 0 aromatic rings. The minimum Gasteiger partial charge on any atom is -0.313 e. The molecular formula is C9H20INS. The molecule has 0 saturated carbocycles. The second kappa shape index (κ2) is 8.63. The van der Waals surface area contributed by atoms with E-state index < -0.39 is 0 Å². The highest BCUT2D eigenvalue weighted by Crippen LogP contribution is 2.05. The first kappa shape index (κ1) is 13.0. The zero-order valence-electron chi connectivity index (χ0n) is 8.27. The summed E-state index contributed by atoms with van der Waals surface area (Å²) in [6.07, 6.45) is 3.46. The highest BCUT2D eigenvalue weighted by atomic mass is 127. The van der Waals surface area contributed by atoms with Crippen LogP contribution in [0, 0.1) is 5.92 Å². The zero-order chi connectivity index (χ0) is 9.40. The molecule has 0 heterocycles. The van der Waals surface area contributed by atoms with Crippen LogP contribution in [0.3, 0.4) is 0 Å². The van der Waals surface area contributed by atoms with Gasteiger partial charge < -0.3 is 5.32 Å². The van der Waals surface area contributed by atoms with Crippen LogP contribution >= 0.6 is 34.4 Å². The molecule has 0 rings (SSSR count). The van der Waals surface area contributed by atoms with Gasteiger partial charge in [0.2, 0.25) is 0 Å². The topological polar surface area (TPSA) is 12.0 Å².